The Hall–Kier alpha value is -3.13. The molecule has 6 nitrogen and oxygen atoms in total. The number of hydrogen-bond acceptors (Lipinski definition) is 6. The van der Waals surface area contributed by atoms with Crippen molar-refractivity contribution in [3.05, 3.63) is 70.4 Å². The van der Waals surface area contributed by atoms with Crippen molar-refractivity contribution in [2.45, 2.75) is 13.5 Å². The summed E-state index contributed by atoms with van der Waals surface area (Å²) >= 11 is 0.778. The first-order chi connectivity index (χ1) is 14.0. The average Bonchev–Trinajstić information content (AvgIpc) is 2.96. The Morgan fingerprint density at radius 1 is 1.10 bits per heavy atom. The van der Waals surface area contributed by atoms with Gasteiger partial charge in [0.25, 0.3) is 11.1 Å². The van der Waals surface area contributed by atoms with Gasteiger partial charge in [-0.1, -0.05) is 24.3 Å². The van der Waals surface area contributed by atoms with Crippen LogP contribution in [0.2, 0.25) is 0 Å². The second kappa shape index (κ2) is 9.38. The van der Waals surface area contributed by atoms with Gasteiger partial charge in [-0.15, -0.1) is 0 Å². The van der Waals surface area contributed by atoms with Crippen molar-refractivity contribution in [1.82, 2.24) is 4.90 Å². The molecule has 2 amide bonds. The van der Waals surface area contributed by atoms with E-state index in [9.17, 15) is 18.8 Å². The molecule has 0 unspecified atom stereocenters. The van der Waals surface area contributed by atoms with Crippen molar-refractivity contribution >= 4 is 35.0 Å². The van der Waals surface area contributed by atoms with Crippen LogP contribution in [0, 0.1) is 5.82 Å². The van der Waals surface area contributed by atoms with Crippen LogP contribution in [0.3, 0.4) is 0 Å². The predicted molar refractivity (Wildman–Crippen MR) is 106 cm³/mol. The van der Waals surface area contributed by atoms with Crippen LogP contribution in [0.4, 0.5) is 9.18 Å². The van der Waals surface area contributed by atoms with Crippen molar-refractivity contribution in [3.63, 3.8) is 0 Å². The fourth-order valence-electron chi connectivity index (χ4n) is 2.53. The van der Waals surface area contributed by atoms with Crippen molar-refractivity contribution in [2.75, 3.05) is 13.2 Å². The fourth-order valence-corrected chi connectivity index (χ4v) is 3.37. The number of ether oxygens (including phenoxy) is 2. The first kappa shape index (κ1) is 20.6. The summed E-state index contributed by atoms with van der Waals surface area (Å²) in [5.74, 6) is -0.838. The number of imide groups is 1. The third kappa shape index (κ3) is 5.45. The van der Waals surface area contributed by atoms with Gasteiger partial charge in [0.05, 0.1) is 11.5 Å². The van der Waals surface area contributed by atoms with Crippen LogP contribution in [-0.4, -0.2) is 35.2 Å². The van der Waals surface area contributed by atoms with Crippen LogP contribution in [0.15, 0.2) is 53.4 Å². The van der Waals surface area contributed by atoms with Crippen LogP contribution < -0.4 is 4.74 Å². The second-order valence-electron chi connectivity index (χ2n) is 6.06. The molecule has 0 radical (unpaired) electrons. The van der Waals surface area contributed by atoms with E-state index >= 15 is 0 Å². The normalized spacial score (nSPS) is 15.1. The van der Waals surface area contributed by atoms with Crippen molar-refractivity contribution in [2.24, 2.45) is 0 Å². The number of thioether (sulfide) groups is 1. The molecular formula is C21H18FNO5S. The van der Waals surface area contributed by atoms with E-state index in [4.69, 9.17) is 9.47 Å². The zero-order valence-electron chi connectivity index (χ0n) is 15.6. The largest absolute Gasteiger partial charge is 0.489 e. The maximum atomic E-state index is 12.9. The summed E-state index contributed by atoms with van der Waals surface area (Å²) in [4.78, 5) is 37.0. The zero-order chi connectivity index (χ0) is 20.8. The van der Waals surface area contributed by atoms with Gasteiger partial charge in [0.1, 0.15) is 24.7 Å². The molecule has 1 heterocycles. The second-order valence-corrected chi connectivity index (χ2v) is 7.05. The molecule has 29 heavy (non-hydrogen) atoms. The average molecular weight is 415 g/mol. The smallest absolute Gasteiger partial charge is 0.326 e. The van der Waals surface area contributed by atoms with Gasteiger partial charge in [-0.05, 0) is 60.2 Å². The van der Waals surface area contributed by atoms with E-state index in [2.05, 4.69) is 0 Å². The van der Waals surface area contributed by atoms with E-state index in [1.54, 1.807) is 49.4 Å². The lowest BCUT2D eigenvalue weighted by Gasteiger charge is -2.10. The van der Waals surface area contributed by atoms with E-state index in [0.717, 1.165) is 22.2 Å². The van der Waals surface area contributed by atoms with Crippen molar-refractivity contribution in [3.8, 4) is 5.75 Å². The summed E-state index contributed by atoms with van der Waals surface area (Å²) in [6.45, 7) is 1.73. The lowest BCUT2D eigenvalue weighted by Crippen LogP contribution is -2.34. The Balaban J connectivity index is 1.61. The van der Waals surface area contributed by atoms with Crippen LogP contribution in [0.25, 0.3) is 6.08 Å². The van der Waals surface area contributed by atoms with Crippen LogP contribution >= 0.6 is 11.8 Å². The maximum Gasteiger partial charge on any atom is 0.326 e. The zero-order valence-corrected chi connectivity index (χ0v) is 16.4. The number of nitrogens with zero attached hydrogens (tertiary/aromatic N) is 1. The van der Waals surface area contributed by atoms with Gasteiger partial charge in [0.2, 0.25) is 0 Å². The van der Waals surface area contributed by atoms with Gasteiger partial charge in [0.15, 0.2) is 0 Å². The molecule has 0 N–H and O–H groups in total. The fraction of sp³-hybridized carbons (Fsp3) is 0.190. The summed E-state index contributed by atoms with van der Waals surface area (Å²) in [6.07, 6.45) is 1.58. The Bertz CT molecular complexity index is 941. The summed E-state index contributed by atoms with van der Waals surface area (Å²) in [5, 5.41) is -0.506. The molecule has 0 aromatic heterocycles. The van der Waals surface area contributed by atoms with Gasteiger partial charge in [-0.3, -0.25) is 19.3 Å². The minimum absolute atomic E-state index is 0.181. The van der Waals surface area contributed by atoms with Gasteiger partial charge >= 0.3 is 5.97 Å². The van der Waals surface area contributed by atoms with Crippen molar-refractivity contribution < 1.29 is 28.2 Å². The highest BCUT2D eigenvalue weighted by atomic mass is 32.2. The van der Waals surface area contributed by atoms with Gasteiger partial charge in [0, 0.05) is 0 Å². The van der Waals surface area contributed by atoms with Crippen LogP contribution in [-0.2, 0) is 20.9 Å². The molecule has 3 rings (SSSR count). The molecule has 0 aliphatic carbocycles. The molecule has 2 aromatic rings. The first-order valence-electron chi connectivity index (χ1n) is 8.84. The molecule has 0 saturated carbocycles. The monoisotopic (exact) mass is 415 g/mol. The molecule has 8 heteroatoms. The van der Waals surface area contributed by atoms with E-state index in [0.29, 0.717) is 17.9 Å². The molecule has 1 aliphatic heterocycles. The predicted octanol–water partition coefficient (Wildman–Crippen LogP) is 4.00. The quantitative estimate of drug-likeness (QED) is 0.503. The number of benzene rings is 2. The lowest BCUT2D eigenvalue weighted by atomic mass is 10.2. The molecular weight excluding hydrogens is 397 g/mol. The summed E-state index contributed by atoms with van der Waals surface area (Å²) in [7, 11) is 0. The highest BCUT2D eigenvalue weighted by molar-refractivity contribution is 8.18. The Morgan fingerprint density at radius 3 is 2.45 bits per heavy atom. The molecule has 0 spiro atoms. The summed E-state index contributed by atoms with van der Waals surface area (Å²) < 4.78 is 23.3. The molecule has 0 atom stereocenters. The maximum absolute atomic E-state index is 12.9. The van der Waals surface area contributed by atoms with E-state index < -0.39 is 23.7 Å². The van der Waals surface area contributed by atoms with E-state index in [1.165, 1.54) is 12.1 Å². The van der Waals surface area contributed by atoms with E-state index in [-0.39, 0.29) is 17.3 Å². The summed E-state index contributed by atoms with van der Waals surface area (Å²) in [5.41, 5.74) is 1.55. The number of hydrogen-bond donors (Lipinski definition) is 0. The number of carbonyl (C=O) groups is 3. The number of amides is 2. The topological polar surface area (TPSA) is 72.9 Å². The Kier molecular flexibility index (Phi) is 6.66. The molecule has 1 aliphatic rings. The highest BCUT2D eigenvalue weighted by Gasteiger charge is 2.36. The number of carbonyl (C=O) groups excluding carboxylic acids is 3. The molecule has 2 aromatic carbocycles. The number of rotatable bonds is 7. The van der Waals surface area contributed by atoms with Crippen molar-refractivity contribution in [1.29, 1.82) is 0 Å². The highest BCUT2D eigenvalue weighted by Crippen LogP contribution is 2.32. The molecule has 150 valence electrons. The number of halogens is 1. The van der Waals surface area contributed by atoms with Gasteiger partial charge in [-0.25, -0.2) is 4.39 Å². The SMILES string of the molecule is CCOC(=O)CN1C(=O)S/C(=C/c2ccc(OCc3ccc(F)cc3)cc2)C1=O. The minimum Gasteiger partial charge on any atom is -0.489 e. The Labute approximate surface area is 171 Å². The molecule has 0 bridgehead atoms. The van der Waals surface area contributed by atoms with Gasteiger partial charge in [-0.2, -0.15) is 0 Å². The van der Waals surface area contributed by atoms with Gasteiger partial charge < -0.3 is 9.47 Å². The molecule has 1 fully saturated rings. The Morgan fingerprint density at radius 2 is 1.79 bits per heavy atom. The minimum atomic E-state index is -0.626. The summed E-state index contributed by atoms with van der Waals surface area (Å²) in [6, 6.07) is 13.0. The third-order valence-corrected chi connectivity index (χ3v) is 4.87. The first-order valence-corrected chi connectivity index (χ1v) is 9.66. The number of esters is 1. The van der Waals surface area contributed by atoms with E-state index in [1.807, 2.05) is 0 Å². The third-order valence-electron chi connectivity index (χ3n) is 3.96. The van der Waals surface area contributed by atoms with Crippen LogP contribution in [0.5, 0.6) is 5.75 Å². The standard InChI is InChI=1S/C21H18FNO5S/c1-2-27-19(24)12-23-20(25)18(29-21(23)26)11-14-5-9-17(10-6-14)28-13-15-3-7-16(22)8-4-15/h3-11H,2,12-13H2,1H3/b18-11+. The lowest BCUT2D eigenvalue weighted by molar-refractivity contribution is -0.145. The molecule has 1 saturated heterocycles. The van der Waals surface area contributed by atoms with Crippen LogP contribution in [0.1, 0.15) is 18.1 Å².